The van der Waals surface area contributed by atoms with Gasteiger partial charge in [0.1, 0.15) is 0 Å². The summed E-state index contributed by atoms with van der Waals surface area (Å²) in [7, 11) is 4.06. The molecule has 1 aliphatic rings. The first-order chi connectivity index (χ1) is 7.60. The van der Waals surface area contributed by atoms with Crippen LogP contribution in [0.15, 0.2) is 0 Å². The van der Waals surface area contributed by atoms with Gasteiger partial charge in [0.25, 0.3) is 0 Å². The van der Waals surface area contributed by atoms with E-state index in [-0.39, 0.29) is 6.03 Å². The summed E-state index contributed by atoms with van der Waals surface area (Å²) in [6.45, 7) is 7.65. The molecule has 0 aromatic rings. The van der Waals surface area contributed by atoms with E-state index >= 15 is 0 Å². The standard InChI is InChI=1S/C12H25N3O/c1-5-15(6-2)12(16)14(4)10-11-8-7-9-13(11)3/h11H,5-10H2,1-4H3. The molecule has 2 amide bonds. The van der Waals surface area contributed by atoms with Crippen LogP contribution in [0.5, 0.6) is 0 Å². The molecule has 16 heavy (non-hydrogen) atoms. The summed E-state index contributed by atoms with van der Waals surface area (Å²) in [5, 5.41) is 0. The van der Waals surface area contributed by atoms with Crippen LogP contribution >= 0.6 is 0 Å². The lowest BCUT2D eigenvalue weighted by molar-refractivity contribution is 0.154. The number of hydrogen-bond donors (Lipinski definition) is 0. The summed E-state index contributed by atoms with van der Waals surface area (Å²) in [5.41, 5.74) is 0. The number of nitrogens with zero attached hydrogens (tertiary/aromatic N) is 3. The van der Waals surface area contributed by atoms with Crippen LogP contribution in [-0.4, -0.2) is 67.0 Å². The van der Waals surface area contributed by atoms with Gasteiger partial charge >= 0.3 is 6.03 Å². The van der Waals surface area contributed by atoms with E-state index in [0.29, 0.717) is 6.04 Å². The van der Waals surface area contributed by atoms with Gasteiger partial charge in [0, 0.05) is 32.7 Å². The van der Waals surface area contributed by atoms with Crippen molar-refractivity contribution in [2.45, 2.75) is 32.7 Å². The highest BCUT2D eigenvalue weighted by atomic mass is 16.2. The highest BCUT2D eigenvalue weighted by molar-refractivity contribution is 5.74. The largest absolute Gasteiger partial charge is 0.326 e. The van der Waals surface area contributed by atoms with Crippen molar-refractivity contribution in [3.05, 3.63) is 0 Å². The molecule has 0 saturated carbocycles. The lowest BCUT2D eigenvalue weighted by Crippen LogP contribution is -2.46. The van der Waals surface area contributed by atoms with Crippen molar-refractivity contribution in [3.63, 3.8) is 0 Å². The molecule has 4 heteroatoms. The van der Waals surface area contributed by atoms with Gasteiger partial charge < -0.3 is 14.7 Å². The van der Waals surface area contributed by atoms with Crippen LogP contribution in [0.2, 0.25) is 0 Å². The van der Waals surface area contributed by atoms with Crippen molar-refractivity contribution >= 4 is 6.03 Å². The number of likely N-dealkylation sites (N-methyl/N-ethyl adjacent to an activating group) is 2. The SMILES string of the molecule is CCN(CC)C(=O)N(C)CC1CCCN1C. The molecule has 1 heterocycles. The molecule has 0 aromatic carbocycles. The van der Waals surface area contributed by atoms with Gasteiger partial charge in [0.15, 0.2) is 0 Å². The smallest absolute Gasteiger partial charge is 0.319 e. The Morgan fingerprint density at radius 1 is 1.38 bits per heavy atom. The maximum Gasteiger partial charge on any atom is 0.319 e. The Morgan fingerprint density at radius 2 is 2.00 bits per heavy atom. The van der Waals surface area contributed by atoms with Crippen molar-refractivity contribution in [1.29, 1.82) is 0 Å². The third-order valence-electron chi connectivity index (χ3n) is 3.52. The van der Waals surface area contributed by atoms with Crippen LogP contribution in [-0.2, 0) is 0 Å². The topological polar surface area (TPSA) is 26.8 Å². The average Bonchev–Trinajstić information content (AvgIpc) is 2.66. The molecule has 1 unspecified atom stereocenters. The van der Waals surface area contributed by atoms with Crippen LogP contribution in [0.25, 0.3) is 0 Å². The third-order valence-corrected chi connectivity index (χ3v) is 3.52. The van der Waals surface area contributed by atoms with E-state index in [1.165, 1.54) is 12.8 Å². The lowest BCUT2D eigenvalue weighted by Gasteiger charge is -2.30. The Kier molecular flexibility index (Phi) is 5.06. The molecule has 94 valence electrons. The van der Waals surface area contributed by atoms with Gasteiger partial charge in [-0.3, -0.25) is 0 Å². The van der Waals surface area contributed by atoms with E-state index in [0.717, 1.165) is 26.2 Å². The van der Waals surface area contributed by atoms with Gasteiger partial charge in [-0.05, 0) is 40.3 Å². The summed E-state index contributed by atoms with van der Waals surface area (Å²) in [5.74, 6) is 0. The highest BCUT2D eigenvalue weighted by Gasteiger charge is 2.25. The van der Waals surface area contributed by atoms with E-state index in [2.05, 4.69) is 11.9 Å². The molecule has 1 atom stereocenters. The number of likely N-dealkylation sites (tertiary alicyclic amines) is 1. The Bertz CT molecular complexity index is 228. The number of carbonyl (C=O) groups is 1. The van der Waals surface area contributed by atoms with Gasteiger partial charge in [-0.25, -0.2) is 4.79 Å². The molecule has 0 N–H and O–H groups in total. The molecule has 4 nitrogen and oxygen atoms in total. The highest BCUT2D eigenvalue weighted by Crippen LogP contribution is 2.15. The van der Waals surface area contributed by atoms with E-state index in [1.54, 1.807) is 0 Å². The van der Waals surface area contributed by atoms with E-state index in [1.807, 2.05) is 30.7 Å². The Balaban J connectivity index is 2.44. The summed E-state index contributed by atoms with van der Waals surface area (Å²) in [6.07, 6.45) is 2.47. The average molecular weight is 227 g/mol. The predicted molar refractivity (Wildman–Crippen MR) is 66.6 cm³/mol. The van der Waals surface area contributed by atoms with Crippen LogP contribution in [0.3, 0.4) is 0 Å². The molecule has 0 radical (unpaired) electrons. The normalized spacial score (nSPS) is 21.1. The minimum atomic E-state index is 0.158. The second-order valence-electron chi connectivity index (χ2n) is 4.61. The predicted octanol–water partition coefficient (Wildman–Crippen LogP) is 1.47. The molecule has 0 aromatic heterocycles. The minimum absolute atomic E-state index is 0.158. The molecule has 1 fully saturated rings. The van der Waals surface area contributed by atoms with Crippen molar-refractivity contribution in [2.24, 2.45) is 0 Å². The van der Waals surface area contributed by atoms with Crippen LogP contribution in [0, 0.1) is 0 Å². The number of urea groups is 1. The first kappa shape index (κ1) is 13.3. The fourth-order valence-electron chi connectivity index (χ4n) is 2.34. The monoisotopic (exact) mass is 227 g/mol. The number of carbonyl (C=O) groups excluding carboxylic acids is 1. The van der Waals surface area contributed by atoms with Gasteiger partial charge in [-0.15, -0.1) is 0 Å². The number of rotatable bonds is 4. The molecule has 1 saturated heterocycles. The van der Waals surface area contributed by atoms with Gasteiger partial charge in [0.2, 0.25) is 0 Å². The van der Waals surface area contributed by atoms with Crippen molar-refractivity contribution in [1.82, 2.24) is 14.7 Å². The Labute approximate surface area is 99.2 Å². The quantitative estimate of drug-likeness (QED) is 0.727. The molecular formula is C12H25N3O. The van der Waals surface area contributed by atoms with Crippen LogP contribution < -0.4 is 0 Å². The molecule has 1 aliphatic heterocycles. The zero-order valence-corrected chi connectivity index (χ0v) is 11.1. The number of amides is 2. The third kappa shape index (κ3) is 3.11. The zero-order valence-electron chi connectivity index (χ0n) is 11.1. The van der Waals surface area contributed by atoms with Crippen LogP contribution in [0.1, 0.15) is 26.7 Å². The Hall–Kier alpha value is -0.770. The second kappa shape index (κ2) is 6.09. The zero-order chi connectivity index (χ0) is 12.1. The van der Waals surface area contributed by atoms with Crippen molar-refractivity contribution in [3.8, 4) is 0 Å². The second-order valence-corrected chi connectivity index (χ2v) is 4.61. The van der Waals surface area contributed by atoms with E-state index in [4.69, 9.17) is 0 Å². The van der Waals surface area contributed by atoms with Crippen LogP contribution in [0.4, 0.5) is 4.79 Å². The number of hydrogen-bond acceptors (Lipinski definition) is 2. The summed E-state index contributed by atoms with van der Waals surface area (Å²) in [6, 6.07) is 0.704. The molecule has 1 rings (SSSR count). The van der Waals surface area contributed by atoms with Gasteiger partial charge in [-0.2, -0.15) is 0 Å². The Morgan fingerprint density at radius 3 is 2.44 bits per heavy atom. The molecule has 0 spiro atoms. The van der Waals surface area contributed by atoms with Crippen molar-refractivity contribution < 1.29 is 4.79 Å². The molecular weight excluding hydrogens is 202 g/mol. The fraction of sp³-hybridized carbons (Fsp3) is 0.917. The first-order valence-electron chi connectivity index (χ1n) is 6.30. The first-order valence-corrected chi connectivity index (χ1v) is 6.30. The summed E-state index contributed by atoms with van der Waals surface area (Å²) < 4.78 is 0. The summed E-state index contributed by atoms with van der Waals surface area (Å²) >= 11 is 0. The van der Waals surface area contributed by atoms with Gasteiger partial charge in [-0.1, -0.05) is 0 Å². The summed E-state index contributed by atoms with van der Waals surface area (Å²) in [4.78, 5) is 18.1. The fourth-order valence-corrected chi connectivity index (χ4v) is 2.34. The van der Waals surface area contributed by atoms with Gasteiger partial charge in [0.05, 0.1) is 0 Å². The molecule has 0 aliphatic carbocycles. The lowest BCUT2D eigenvalue weighted by atomic mass is 10.2. The van der Waals surface area contributed by atoms with E-state index in [9.17, 15) is 4.79 Å². The maximum absolute atomic E-state index is 12.0. The van der Waals surface area contributed by atoms with Crippen molar-refractivity contribution in [2.75, 3.05) is 40.3 Å². The van der Waals surface area contributed by atoms with E-state index < -0.39 is 0 Å². The minimum Gasteiger partial charge on any atom is -0.326 e. The molecule has 0 bridgehead atoms. The maximum atomic E-state index is 12.0.